The molecule has 0 bridgehead atoms. The van der Waals surface area contributed by atoms with Gasteiger partial charge in [-0.3, -0.25) is 9.59 Å². The number of aromatic hydroxyl groups is 2. The van der Waals surface area contributed by atoms with Gasteiger partial charge in [-0.05, 0) is 51.0 Å². The summed E-state index contributed by atoms with van der Waals surface area (Å²) in [7, 11) is 0. The molecule has 0 aromatic heterocycles. The highest BCUT2D eigenvalue weighted by atomic mass is 16.3. The number of hydrazone groups is 2. The number of phenolic OH excluding ortho intramolecular Hbond substituents is 2. The summed E-state index contributed by atoms with van der Waals surface area (Å²) in [6.45, 7) is 3.47. The van der Waals surface area contributed by atoms with E-state index in [9.17, 15) is 19.8 Å². The minimum atomic E-state index is -0.243. The monoisotopic (exact) mass is 410 g/mol. The fraction of sp³-hybridized carbons (Fsp3) is 0.273. The van der Waals surface area contributed by atoms with Crippen LogP contribution in [-0.2, 0) is 9.59 Å². The third kappa shape index (κ3) is 7.75. The van der Waals surface area contributed by atoms with Gasteiger partial charge in [-0.1, -0.05) is 24.3 Å². The molecular weight excluding hydrogens is 384 g/mol. The first kappa shape index (κ1) is 22.6. The predicted molar refractivity (Wildman–Crippen MR) is 115 cm³/mol. The molecule has 0 aliphatic carbocycles. The van der Waals surface area contributed by atoms with Crippen molar-refractivity contribution in [2.75, 3.05) is 0 Å². The average molecular weight is 410 g/mol. The smallest absolute Gasteiger partial charge is 0.240 e. The standard InChI is InChI=1S/C22H26N4O4/c1-15(17-7-5-9-19(27)13-17)23-25-21(29)11-3-4-12-22(30)26-24-16(2)18-8-6-10-20(28)14-18/h5-10,13-14,27-28H,3-4,11-12H2,1-2H3,(H,25,29)(H,26,30)/b23-15-,24-16-. The highest BCUT2D eigenvalue weighted by molar-refractivity contribution is 6.00. The Morgan fingerprint density at radius 1 is 0.767 bits per heavy atom. The van der Waals surface area contributed by atoms with E-state index in [1.54, 1.807) is 62.4 Å². The second-order valence-corrected chi connectivity index (χ2v) is 6.77. The molecule has 0 fully saturated rings. The van der Waals surface area contributed by atoms with E-state index in [1.165, 1.54) is 0 Å². The molecule has 30 heavy (non-hydrogen) atoms. The van der Waals surface area contributed by atoms with Crippen LogP contribution in [0.15, 0.2) is 58.7 Å². The Morgan fingerprint density at radius 2 is 1.17 bits per heavy atom. The molecule has 0 atom stereocenters. The van der Waals surface area contributed by atoms with Crippen molar-refractivity contribution >= 4 is 23.2 Å². The molecule has 0 radical (unpaired) electrons. The molecule has 0 saturated carbocycles. The summed E-state index contributed by atoms with van der Waals surface area (Å²) in [6, 6.07) is 13.2. The third-order valence-corrected chi connectivity index (χ3v) is 4.28. The molecule has 0 heterocycles. The highest BCUT2D eigenvalue weighted by Gasteiger charge is 2.05. The van der Waals surface area contributed by atoms with Crippen molar-refractivity contribution in [3.05, 3.63) is 59.7 Å². The number of carbonyl (C=O) groups excluding carboxylic acids is 2. The van der Waals surface area contributed by atoms with Crippen LogP contribution in [0.3, 0.4) is 0 Å². The van der Waals surface area contributed by atoms with E-state index < -0.39 is 0 Å². The van der Waals surface area contributed by atoms with E-state index >= 15 is 0 Å². The summed E-state index contributed by atoms with van der Waals surface area (Å²) in [5.74, 6) is -0.221. The maximum absolute atomic E-state index is 11.9. The van der Waals surface area contributed by atoms with E-state index in [4.69, 9.17) is 0 Å². The Bertz CT molecular complexity index is 876. The largest absolute Gasteiger partial charge is 0.508 e. The Hall–Kier alpha value is -3.68. The zero-order chi connectivity index (χ0) is 21.9. The van der Waals surface area contributed by atoms with Crippen molar-refractivity contribution in [2.45, 2.75) is 39.5 Å². The second-order valence-electron chi connectivity index (χ2n) is 6.77. The molecule has 2 aromatic rings. The first-order chi connectivity index (χ1) is 14.3. The number of nitrogens with one attached hydrogen (secondary N) is 2. The molecule has 2 rings (SSSR count). The molecule has 0 spiro atoms. The van der Waals surface area contributed by atoms with Crippen LogP contribution < -0.4 is 10.9 Å². The molecule has 0 aliphatic heterocycles. The van der Waals surface area contributed by atoms with E-state index in [1.807, 2.05) is 0 Å². The maximum atomic E-state index is 11.9. The molecule has 2 aromatic carbocycles. The van der Waals surface area contributed by atoms with E-state index in [2.05, 4.69) is 21.1 Å². The lowest BCUT2D eigenvalue weighted by molar-refractivity contribution is -0.123. The minimum absolute atomic E-state index is 0.132. The van der Waals surface area contributed by atoms with Gasteiger partial charge < -0.3 is 10.2 Å². The van der Waals surface area contributed by atoms with E-state index in [-0.39, 0.29) is 36.2 Å². The first-order valence-electron chi connectivity index (χ1n) is 9.60. The lowest BCUT2D eigenvalue weighted by atomic mass is 10.1. The van der Waals surface area contributed by atoms with Crippen molar-refractivity contribution in [2.24, 2.45) is 10.2 Å². The number of nitrogens with zero attached hydrogens (tertiary/aromatic N) is 2. The van der Waals surface area contributed by atoms with Gasteiger partial charge in [0.15, 0.2) is 0 Å². The molecule has 158 valence electrons. The van der Waals surface area contributed by atoms with Gasteiger partial charge in [0.25, 0.3) is 0 Å². The Labute approximate surface area is 175 Å². The van der Waals surface area contributed by atoms with Crippen LogP contribution >= 0.6 is 0 Å². The fourth-order valence-electron chi connectivity index (χ4n) is 2.57. The Kier molecular flexibility index (Phi) is 8.56. The normalized spacial score (nSPS) is 11.8. The Morgan fingerprint density at radius 3 is 1.53 bits per heavy atom. The zero-order valence-corrected chi connectivity index (χ0v) is 17.1. The molecule has 8 nitrogen and oxygen atoms in total. The minimum Gasteiger partial charge on any atom is -0.508 e. The number of hydrogen-bond donors (Lipinski definition) is 4. The SMILES string of the molecule is C/C(=N/NC(=O)CCCCC(=O)N/N=C(/C)c1cccc(O)c1)c1cccc(O)c1. The van der Waals surface area contributed by atoms with Gasteiger partial charge in [0, 0.05) is 24.0 Å². The van der Waals surface area contributed by atoms with Crippen LogP contribution in [-0.4, -0.2) is 33.5 Å². The third-order valence-electron chi connectivity index (χ3n) is 4.28. The van der Waals surface area contributed by atoms with Crippen LogP contribution in [0.25, 0.3) is 0 Å². The molecule has 0 aliphatic rings. The van der Waals surface area contributed by atoms with Crippen LogP contribution in [0, 0.1) is 0 Å². The molecular formula is C22H26N4O4. The van der Waals surface area contributed by atoms with Gasteiger partial charge in [-0.15, -0.1) is 0 Å². The summed E-state index contributed by atoms with van der Waals surface area (Å²) in [5, 5.41) is 27.0. The second kappa shape index (κ2) is 11.4. The van der Waals surface area contributed by atoms with Crippen molar-refractivity contribution in [1.82, 2.24) is 10.9 Å². The summed E-state index contributed by atoms with van der Waals surface area (Å²) in [6.07, 6.45) is 1.57. The van der Waals surface area contributed by atoms with Crippen LogP contribution in [0.1, 0.15) is 50.7 Å². The van der Waals surface area contributed by atoms with Gasteiger partial charge in [0.1, 0.15) is 11.5 Å². The molecule has 0 saturated heterocycles. The quantitative estimate of drug-likeness (QED) is 0.288. The topological polar surface area (TPSA) is 123 Å². The number of rotatable bonds is 9. The van der Waals surface area contributed by atoms with Gasteiger partial charge in [-0.25, -0.2) is 10.9 Å². The first-order valence-corrected chi connectivity index (χ1v) is 9.60. The zero-order valence-electron chi connectivity index (χ0n) is 17.1. The molecule has 0 unspecified atom stereocenters. The van der Waals surface area contributed by atoms with Crippen LogP contribution in [0.2, 0.25) is 0 Å². The number of hydrogen-bond acceptors (Lipinski definition) is 6. The van der Waals surface area contributed by atoms with E-state index in [0.29, 0.717) is 35.4 Å². The van der Waals surface area contributed by atoms with Gasteiger partial charge in [-0.2, -0.15) is 10.2 Å². The van der Waals surface area contributed by atoms with Crippen molar-refractivity contribution < 1.29 is 19.8 Å². The Balaban J connectivity index is 1.67. The molecule has 4 N–H and O–H groups in total. The van der Waals surface area contributed by atoms with Gasteiger partial charge in [0.2, 0.25) is 11.8 Å². The van der Waals surface area contributed by atoms with Crippen molar-refractivity contribution in [3.63, 3.8) is 0 Å². The number of amides is 2. The van der Waals surface area contributed by atoms with Crippen molar-refractivity contribution in [1.29, 1.82) is 0 Å². The van der Waals surface area contributed by atoms with E-state index in [0.717, 1.165) is 0 Å². The number of phenols is 2. The number of benzene rings is 2. The van der Waals surface area contributed by atoms with Crippen LogP contribution in [0.5, 0.6) is 11.5 Å². The maximum Gasteiger partial charge on any atom is 0.240 e. The lowest BCUT2D eigenvalue weighted by Gasteiger charge is -2.05. The van der Waals surface area contributed by atoms with Crippen LogP contribution in [0.4, 0.5) is 0 Å². The molecule has 2 amide bonds. The summed E-state index contributed by atoms with van der Waals surface area (Å²) in [5.41, 5.74) is 7.55. The fourth-order valence-corrected chi connectivity index (χ4v) is 2.57. The average Bonchev–Trinajstić information content (AvgIpc) is 2.73. The van der Waals surface area contributed by atoms with Crippen molar-refractivity contribution in [3.8, 4) is 11.5 Å². The predicted octanol–water partition coefficient (Wildman–Crippen LogP) is 3.04. The number of unbranched alkanes of at least 4 members (excludes halogenated alkanes) is 1. The summed E-state index contributed by atoms with van der Waals surface area (Å²) >= 11 is 0. The van der Waals surface area contributed by atoms with Gasteiger partial charge in [0.05, 0.1) is 11.4 Å². The summed E-state index contributed by atoms with van der Waals surface area (Å²) in [4.78, 5) is 23.8. The lowest BCUT2D eigenvalue weighted by Crippen LogP contribution is -2.20. The molecule has 8 heteroatoms. The summed E-state index contributed by atoms with van der Waals surface area (Å²) < 4.78 is 0. The highest BCUT2D eigenvalue weighted by Crippen LogP contribution is 2.12. The van der Waals surface area contributed by atoms with Gasteiger partial charge >= 0.3 is 0 Å². The number of carbonyl (C=O) groups is 2.